The number of hydrogen-bond donors (Lipinski definition) is 1. The molecule has 0 bridgehead atoms. The molecular weight excluding hydrogens is 376 g/mol. The molecule has 1 unspecified atom stereocenters. The van der Waals surface area contributed by atoms with Crippen LogP contribution in [0.5, 0.6) is 0 Å². The third-order valence-electron chi connectivity index (χ3n) is 5.66. The molecule has 1 atom stereocenters. The number of nitrogens with zero attached hydrogens (tertiary/aromatic N) is 1. The third-order valence-corrected chi connectivity index (χ3v) is 6.98. The standard InChI is InChI=1S/C21H30N2O4S/c1-4-23(16(3)20-13-17-7-5-6-8-19(17)27-20)21(24)14-28(25,26)22-18-11-9-15(2)10-12-18/h5-8,13,15-16,18,22H,4,9-12,14H2,1-3H3. The van der Waals surface area contributed by atoms with Crippen LogP contribution in [-0.2, 0) is 14.8 Å². The highest BCUT2D eigenvalue weighted by Gasteiger charge is 2.29. The first-order chi connectivity index (χ1) is 13.3. The van der Waals surface area contributed by atoms with Crippen molar-refractivity contribution in [2.24, 2.45) is 5.92 Å². The summed E-state index contributed by atoms with van der Waals surface area (Å²) in [6.45, 7) is 6.31. The van der Waals surface area contributed by atoms with Crippen LogP contribution in [0.1, 0.15) is 58.3 Å². The quantitative estimate of drug-likeness (QED) is 0.758. The summed E-state index contributed by atoms with van der Waals surface area (Å²) in [5, 5.41) is 0.966. The average molecular weight is 407 g/mol. The topological polar surface area (TPSA) is 79.6 Å². The number of furan rings is 1. The van der Waals surface area contributed by atoms with Crippen molar-refractivity contribution in [2.75, 3.05) is 12.3 Å². The lowest BCUT2D eigenvalue weighted by Gasteiger charge is -2.28. The Bertz CT molecular complexity index is 880. The summed E-state index contributed by atoms with van der Waals surface area (Å²) in [5.41, 5.74) is 0.758. The van der Waals surface area contributed by atoms with Gasteiger partial charge >= 0.3 is 0 Å². The molecule has 1 saturated carbocycles. The fourth-order valence-electron chi connectivity index (χ4n) is 3.95. The molecule has 0 spiro atoms. The fourth-order valence-corrected chi connectivity index (χ4v) is 5.26. The number of para-hydroxylation sites is 1. The van der Waals surface area contributed by atoms with Gasteiger partial charge in [-0.25, -0.2) is 13.1 Å². The molecule has 0 radical (unpaired) electrons. The van der Waals surface area contributed by atoms with Crippen molar-refractivity contribution in [1.29, 1.82) is 0 Å². The summed E-state index contributed by atoms with van der Waals surface area (Å²) in [4.78, 5) is 14.3. The van der Waals surface area contributed by atoms with E-state index in [2.05, 4.69) is 11.6 Å². The minimum Gasteiger partial charge on any atom is -0.459 e. The van der Waals surface area contributed by atoms with E-state index in [4.69, 9.17) is 4.42 Å². The molecule has 1 heterocycles. The normalized spacial score (nSPS) is 21.5. The Kier molecular flexibility index (Phi) is 6.45. The highest BCUT2D eigenvalue weighted by molar-refractivity contribution is 7.90. The predicted molar refractivity (Wildman–Crippen MR) is 110 cm³/mol. The van der Waals surface area contributed by atoms with Crippen LogP contribution in [0, 0.1) is 5.92 Å². The summed E-state index contributed by atoms with van der Waals surface area (Å²) < 4.78 is 33.7. The van der Waals surface area contributed by atoms with Gasteiger partial charge in [-0.15, -0.1) is 0 Å². The second kappa shape index (κ2) is 8.66. The van der Waals surface area contributed by atoms with E-state index in [-0.39, 0.29) is 12.1 Å². The Labute approximate surface area is 167 Å². The smallest absolute Gasteiger partial charge is 0.239 e. The minimum absolute atomic E-state index is 0.0585. The monoisotopic (exact) mass is 406 g/mol. The Hall–Kier alpha value is -1.86. The van der Waals surface area contributed by atoms with Crippen molar-refractivity contribution >= 4 is 26.9 Å². The van der Waals surface area contributed by atoms with Crippen molar-refractivity contribution in [3.8, 4) is 0 Å². The van der Waals surface area contributed by atoms with Gasteiger partial charge in [-0.2, -0.15) is 0 Å². The number of nitrogens with one attached hydrogen (secondary N) is 1. The van der Waals surface area contributed by atoms with Gasteiger partial charge in [0.15, 0.2) is 0 Å². The van der Waals surface area contributed by atoms with Crippen molar-refractivity contribution in [3.63, 3.8) is 0 Å². The number of benzene rings is 1. The van der Waals surface area contributed by atoms with Crippen molar-refractivity contribution in [1.82, 2.24) is 9.62 Å². The van der Waals surface area contributed by atoms with Crippen LogP contribution in [0.2, 0.25) is 0 Å². The lowest BCUT2D eigenvalue weighted by Crippen LogP contribution is -2.44. The first-order valence-corrected chi connectivity index (χ1v) is 11.7. The molecule has 28 heavy (non-hydrogen) atoms. The summed E-state index contributed by atoms with van der Waals surface area (Å²) in [6.07, 6.45) is 3.71. The molecule has 1 aliphatic rings. The maximum absolute atomic E-state index is 12.8. The number of fused-ring (bicyclic) bond motifs is 1. The van der Waals surface area contributed by atoms with E-state index in [1.807, 2.05) is 44.2 Å². The minimum atomic E-state index is -3.67. The molecule has 0 aliphatic heterocycles. The van der Waals surface area contributed by atoms with E-state index < -0.39 is 21.7 Å². The second-order valence-corrected chi connectivity index (χ2v) is 9.63. The highest BCUT2D eigenvalue weighted by Crippen LogP contribution is 2.28. The number of carbonyl (C=O) groups is 1. The van der Waals surface area contributed by atoms with E-state index in [1.54, 1.807) is 4.90 Å². The molecule has 2 aromatic rings. The van der Waals surface area contributed by atoms with E-state index >= 15 is 0 Å². The Morgan fingerprint density at radius 2 is 1.93 bits per heavy atom. The molecule has 3 rings (SSSR count). The van der Waals surface area contributed by atoms with Crippen LogP contribution in [0.4, 0.5) is 0 Å². The van der Waals surface area contributed by atoms with Gasteiger partial charge in [-0.05, 0) is 57.6 Å². The molecular formula is C21H30N2O4S. The van der Waals surface area contributed by atoms with Crippen LogP contribution in [0.3, 0.4) is 0 Å². The number of sulfonamides is 1. The molecule has 1 amide bonds. The van der Waals surface area contributed by atoms with Gasteiger partial charge in [0.05, 0.1) is 6.04 Å². The van der Waals surface area contributed by atoms with Gasteiger partial charge in [-0.1, -0.05) is 25.1 Å². The van der Waals surface area contributed by atoms with Gasteiger partial charge in [0, 0.05) is 18.0 Å². The molecule has 1 fully saturated rings. The molecule has 1 aromatic heterocycles. The van der Waals surface area contributed by atoms with Crippen molar-refractivity contribution in [3.05, 3.63) is 36.1 Å². The second-order valence-electron chi connectivity index (χ2n) is 7.88. The zero-order valence-electron chi connectivity index (χ0n) is 16.8. The van der Waals surface area contributed by atoms with Crippen LogP contribution in [0.25, 0.3) is 11.0 Å². The van der Waals surface area contributed by atoms with E-state index in [1.165, 1.54) is 0 Å². The van der Waals surface area contributed by atoms with Crippen LogP contribution in [-0.4, -0.2) is 37.6 Å². The molecule has 1 aromatic carbocycles. The van der Waals surface area contributed by atoms with Gasteiger partial charge in [0.1, 0.15) is 17.1 Å². The zero-order valence-corrected chi connectivity index (χ0v) is 17.7. The van der Waals surface area contributed by atoms with E-state index in [0.29, 0.717) is 18.2 Å². The van der Waals surface area contributed by atoms with Crippen LogP contribution in [0.15, 0.2) is 34.7 Å². The summed E-state index contributed by atoms with van der Waals surface area (Å²) in [5.74, 6) is 0.357. The first kappa shape index (κ1) is 20.9. The first-order valence-electron chi connectivity index (χ1n) is 10.1. The number of hydrogen-bond acceptors (Lipinski definition) is 4. The molecule has 6 nitrogen and oxygen atoms in total. The van der Waals surface area contributed by atoms with Gasteiger partial charge in [-0.3, -0.25) is 4.79 Å². The van der Waals surface area contributed by atoms with E-state index in [9.17, 15) is 13.2 Å². The zero-order chi connectivity index (χ0) is 20.3. The van der Waals surface area contributed by atoms with Gasteiger partial charge in [0.2, 0.25) is 15.9 Å². The largest absolute Gasteiger partial charge is 0.459 e. The highest BCUT2D eigenvalue weighted by atomic mass is 32.2. The predicted octanol–water partition coefficient (Wildman–Crippen LogP) is 3.84. The number of carbonyl (C=O) groups excluding carboxylic acids is 1. The summed E-state index contributed by atoms with van der Waals surface area (Å²) in [6, 6.07) is 9.17. The Morgan fingerprint density at radius 1 is 1.25 bits per heavy atom. The molecule has 1 aliphatic carbocycles. The molecule has 7 heteroatoms. The van der Waals surface area contributed by atoms with Gasteiger partial charge < -0.3 is 9.32 Å². The number of rotatable bonds is 7. The maximum atomic E-state index is 12.8. The lowest BCUT2D eigenvalue weighted by molar-refractivity contribution is -0.130. The lowest BCUT2D eigenvalue weighted by atomic mass is 9.88. The Balaban J connectivity index is 1.66. The maximum Gasteiger partial charge on any atom is 0.239 e. The SMILES string of the molecule is CCN(C(=O)CS(=O)(=O)NC1CCC(C)CC1)C(C)c1cc2ccccc2o1. The average Bonchev–Trinajstić information content (AvgIpc) is 3.07. The van der Waals surface area contributed by atoms with Crippen molar-refractivity contribution < 1.29 is 17.6 Å². The van der Waals surface area contributed by atoms with Crippen molar-refractivity contribution in [2.45, 2.75) is 58.5 Å². The Morgan fingerprint density at radius 3 is 2.57 bits per heavy atom. The van der Waals surface area contributed by atoms with E-state index in [0.717, 1.165) is 36.7 Å². The van der Waals surface area contributed by atoms with Crippen LogP contribution >= 0.6 is 0 Å². The molecule has 154 valence electrons. The summed E-state index contributed by atoms with van der Waals surface area (Å²) in [7, 11) is -3.67. The van der Waals surface area contributed by atoms with Crippen LogP contribution < -0.4 is 4.72 Å². The third kappa shape index (κ3) is 4.94. The fraction of sp³-hybridized carbons (Fsp3) is 0.571. The molecule has 1 N–H and O–H groups in total. The van der Waals surface area contributed by atoms with Gasteiger partial charge in [0.25, 0.3) is 0 Å². The summed E-state index contributed by atoms with van der Waals surface area (Å²) >= 11 is 0. The number of amides is 1. The molecule has 0 saturated heterocycles.